The lowest BCUT2D eigenvalue weighted by Gasteiger charge is -2.34. The summed E-state index contributed by atoms with van der Waals surface area (Å²) in [5, 5.41) is 10.2. The van der Waals surface area contributed by atoms with Gasteiger partial charge in [0.1, 0.15) is 0 Å². The molecule has 2 amide bonds. The third kappa shape index (κ3) is 6.28. The monoisotopic (exact) mass is 394 g/mol. The first-order valence-electron chi connectivity index (χ1n) is 9.84. The van der Waals surface area contributed by atoms with Crippen molar-refractivity contribution in [3.63, 3.8) is 0 Å². The van der Waals surface area contributed by atoms with Gasteiger partial charge in [0.15, 0.2) is 5.13 Å². The van der Waals surface area contributed by atoms with E-state index in [2.05, 4.69) is 27.9 Å². The van der Waals surface area contributed by atoms with Crippen molar-refractivity contribution < 1.29 is 9.59 Å². The SMILES string of the molecule is CCCN[C@H]1CCc2nc(NC(=O)C(C)(C)CC(C)(C)NC(C)=O)sc2C1. The summed E-state index contributed by atoms with van der Waals surface area (Å²) in [6, 6.07) is 0.511. The molecule has 0 fully saturated rings. The summed E-state index contributed by atoms with van der Waals surface area (Å²) in [6.07, 6.45) is 4.72. The van der Waals surface area contributed by atoms with E-state index in [0.29, 0.717) is 17.6 Å². The van der Waals surface area contributed by atoms with Crippen LogP contribution in [-0.2, 0) is 22.4 Å². The van der Waals surface area contributed by atoms with Gasteiger partial charge in [-0.1, -0.05) is 20.8 Å². The van der Waals surface area contributed by atoms with Crippen LogP contribution in [0.25, 0.3) is 0 Å². The molecular formula is C20H34N4O2S. The lowest BCUT2D eigenvalue weighted by atomic mass is 9.79. The highest BCUT2D eigenvalue weighted by Gasteiger charge is 2.36. The van der Waals surface area contributed by atoms with Gasteiger partial charge in [-0.2, -0.15) is 0 Å². The molecule has 0 saturated heterocycles. The predicted molar refractivity (Wildman–Crippen MR) is 111 cm³/mol. The summed E-state index contributed by atoms with van der Waals surface area (Å²) in [7, 11) is 0. The van der Waals surface area contributed by atoms with E-state index in [4.69, 9.17) is 0 Å². The number of aryl methyl sites for hydroxylation is 1. The molecule has 1 atom stereocenters. The first kappa shape index (κ1) is 21.8. The van der Waals surface area contributed by atoms with Crippen LogP contribution in [0, 0.1) is 5.41 Å². The Morgan fingerprint density at radius 1 is 1.26 bits per heavy atom. The third-order valence-electron chi connectivity index (χ3n) is 4.86. The number of carbonyl (C=O) groups excluding carboxylic acids is 2. The minimum Gasteiger partial charge on any atom is -0.351 e. The Balaban J connectivity index is 2.00. The van der Waals surface area contributed by atoms with E-state index >= 15 is 0 Å². The highest BCUT2D eigenvalue weighted by Crippen LogP contribution is 2.33. The number of amides is 2. The maximum absolute atomic E-state index is 12.8. The highest BCUT2D eigenvalue weighted by molar-refractivity contribution is 7.15. The largest absolute Gasteiger partial charge is 0.351 e. The van der Waals surface area contributed by atoms with Crippen molar-refractivity contribution in [3.05, 3.63) is 10.6 Å². The Bertz CT molecular complexity index is 682. The number of fused-ring (bicyclic) bond motifs is 1. The van der Waals surface area contributed by atoms with Crippen LogP contribution in [0.5, 0.6) is 0 Å². The lowest BCUT2D eigenvalue weighted by molar-refractivity contribution is -0.127. The second-order valence-electron chi connectivity index (χ2n) is 8.86. The smallest absolute Gasteiger partial charge is 0.231 e. The second-order valence-corrected chi connectivity index (χ2v) is 9.95. The molecule has 27 heavy (non-hydrogen) atoms. The van der Waals surface area contributed by atoms with Crippen LogP contribution in [0.4, 0.5) is 5.13 Å². The molecule has 7 heteroatoms. The van der Waals surface area contributed by atoms with Gasteiger partial charge in [-0.05, 0) is 52.5 Å². The van der Waals surface area contributed by atoms with E-state index < -0.39 is 11.0 Å². The molecule has 3 N–H and O–H groups in total. The quantitative estimate of drug-likeness (QED) is 0.632. The number of hydrogen-bond donors (Lipinski definition) is 3. The fourth-order valence-electron chi connectivity index (χ4n) is 3.92. The normalized spacial score (nSPS) is 17.3. The molecule has 2 rings (SSSR count). The fraction of sp³-hybridized carbons (Fsp3) is 0.750. The van der Waals surface area contributed by atoms with Crippen LogP contribution in [-0.4, -0.2) is 34.9 Å². The van der Waals surface area contributed by atoms with E-state index in [1.165, 1.54) is 11.8 Å². The average Bonchev–Trinajstić information content (AvgIpc) is 2.91. The zero-order chi connectivity index (χ0) is 20.2. The fourth-order valence-corrected chi connectivity index (χ4v) is 5.01. The molecule has 0 bridgehead atoms. The van der Waals surface area contributed by atoms with Crippen LogP contribution >= 0.6 is 11.3 Å². The van der Waals surface area contributed by atoms with Gasteiger partial charge < -0.3 is 16.0 Å². The van der Waals surface area contributed by atoms with Crippen molar-refractivity contribution in [2.24, 2.45) is 5.41 Å². The summed E-state index contributed by atoms with van der Waals surface area (Å²) in [6.45, 7) is 12.4. The Kier molecular flexibility index (Phi) is 7.03. The molecule has 6 nitrogen and oxygen atoms in total. The van der Waals surface area contributed by atoms with Crippen LogP contribution in [0.2, 0.25) is 0 Å². The number of hydrogen-bond acceptors (Lipinski definition) is 5. The number of rotatable bonds is 8. The molecule has 152 valence electrons. The number of aromatic nitrogens is 1. The van der Waals surface area contributed by atoms with E-state index in [9.17, 15) is 9.59 Å². The van der Waals surface area contributed by atoms with Crippen LogP contribution in [0.3, 0.4) is 0 Å². The van der Waals surface area contributed by atoms with E-state index in [1.807, 2.05) is 27.7 Å². The molecule has 1 heterocycles. The Labute approximate surface area is 166 Å². The summed E-state index contributed by atoms with van der Waals surface area (Å²) >= 11 is 1.59. The number of thiazole rings is 1. The predicted octanol–water partition coefficient (Wildman–Crippen LogP) is 3.27. The molecule has 1 aliphatic rings. The zero-order valence-electron chi connectivity index (χ0n) is 17.5. The van der Waals surface area contributed by atoms with Crippen LogP contribution < -0.4 is 16.0 Å². The minimum absolute atomic E-state index is 0.0623. The summed E-state index contributed by atoms with van der Waals surface area (Å²) < 4.78 is 0. The Morgan fingerprint density at radius 3 is 2.59 bits per heavy atom. The number of nitrogens with zero attached hydrogens (tertiary/aromatic N) is 1. The summed E-state index contributed by atoms with van der Waals surface area (Å²) in [5.74, 6) is -0.150. The number of carbonyl (C=O) groups is 2. The van der Waals surface area contributed by atoms with E-state index in [-0.39, 0.29) is 11.8 Å². The van der Waals surface area contributed by atoms with Crippen molar-refractivity contribution in [1.82, 2.24) is 15.6 Å². The van der Waals surface area contributed by atoms with Crippen molar-refractivity contribution in [3.8, 4) is 0 Å². The molecule has 0 aliphatic heterocycles. The first-order valence-corrected chi connectivity index (χ1v) is 10.7. The zero-order valence-corrected chi connectivity index (χ0v) is 18.3. The average molecular weight is 395 g/mol. The lowest BCUT2D eigenvalue weighted by Crippen LogP contribution is -2.47. The molecule has 0 aromatic carbocycles. The van der Waals surface area contributed by atoms with Crippen molar-refractivity contribution >= 4 is 28.3 Å². The number of nitrogens with one attached hydrogen (secondary N) is 3. The molecule has 1 aromatic rings. The van der Waals surface area contributed by atoms with Gasteiger partial charge >= 0.3 is 0 Å². The van der Waals surface area contributed by atoms with Crippen molar-refractivity contribution in [2.75, 3.05) is 11.9 Å². The molecule has 0 spiro atoms. The van der Waals surface area contributed by atoms with Gasteiger partial charge in [0.2, 0.25) is 11.8 Å². The second kappa shape index (κ2) is 8.69. The third-order valence-corrected chi connectivity index (χ3v) is 5.89. The standard InChI is InChI=1S/C20H34N4O2S/c1-7-10-21-14-8-9-15-16(11-14)27-18(22-15)23-17(26)19(3,4)12-20(5,6)24-13(2)25/h14,21H,7-12H2,1-6H3,(H,24,25)(H,22,23,26)/t14-/m0/s1. The van der Waals surface area contributed by atoms with E-state index in [0.717, 1.165) is 37.9 Å². The molecule has 1 aliphatic carbocycles. The molecule has 1 aromatic heterocycles. The van der Waals surface area contributed by atoms with Gasteiger partial charge in [0.05, 0.1) is 5.69 Å². The highest BCUT2D eigenvalue weighted by atomic mass is 32.1. The first-order chi connectivity index (χ1) is 12.5. The van der Waals surface area contributed by atoms with E-state index in [1.54, 1.807) is 11.3 Å². The van der Waals surface area contributed by atoms with Gasteiger partial charge in [-0.3, -0.25) is 9.59 Å². The van der Waals surface area contributed by atoms with Gasteiger partial charge in [0, 0.05) is 28.8 Å². The van der Waals surface area contributed by atoms with Gasteiger partial charge in [-0.25, -0.2) is 4.98 Å². The molecule has 0 unspecified atom stereocenters. The van der Waals surface area contributed by atoms with Crippen LogP contribution in [0.15, 0.2) is 0 Å². The maximum atomic E-state index is 12.8. The molecule has 0 radical (unpaired) electrons. The molecular weight excluding hydrogens is 360 g/mol. The van der Waals surface area contributed by atoms with Crippen LogP contribution in [0.1, 0.15) is 71.4 Å². The van der Waals surface area contributed by atoms with Gasteiger partial charge in [-0.15, -0.1) is 11.3 Å². The van der Waals surface area contributed by atoms with Gasteiger partial charge in [0.25, 0.3) is 0 Å². The summed E-state index contributed by atoms with van der Waals surface area (Å²) in [5.41, 5.74) is 0.0530. The number of anilines is 1. The minimum atomic E-state index is -0.622. The topological polar surface area (TPSA) is 83.1 Å². The molecule has 0 saturated carbocycles. The van der Waals surface area contributed by atoms with Crippen molar-refractivity contribution in [1.29, 1.82) is 0 Å². The maximum Gasteiger partial charge on any atom is 0.231 e. The Morgan fingerprint density at radius 2 is 1.96 bits per heavy atom. The summed E-state index contributed by atoms with van der Waals surface area (Å²) in [4.78, 5) is 30.2. The van der Waals surface area contributed by atoms with Crippen molar-refractivity contribution in [2.45, 2.75) is 85.2 Å². The Hall–Kier alpha value is -1.47.